The van der Waals surface area contributed by atoms with Gasteiger partial charge in [0, 0.05) is 13.6 Å². The van der Waals surface area contributed by atoms with Crippen LogP contribution in [-0.4, -0.2) is 51.6 Å². The maximum absolute atomic E-state index is 11.4. The van der Waals surface area contributed by atoms with Crippen LogP contribution in [0.2, 0.25) is 0 Å². The lowest BCUT2D eigenvalue weighted by molar-refractivity contribution is -0.384. The number of carboxylic acid groups (broad SMARTS) is 1. The first kappa shape index (κ1) is 15.2. The van der Waals surface area contributed by atoms with Crippen LogP contribution in [0.1, 0.15) is 19.0 Å². The number of ether oxygens (including phenoxy) is 1. The molecule has 1 atom stereocenters. The summed E-state index contributed by atoms with van der Waals surface area (Å²) >= 11 is 0. The molecule has 21 heavy (non-hydrogen) atoms. The Balaban J connectivity index is 2.38. The number of anilines is 1. The number of aliphatic carboxylic acids is 1. The van der Waals surface area contributed by atoms with Crippen LogP contribution in [-0.2, 0) is 23.0 Å². The minimum Gasteiger partial charge on any atom is -0.479 e. The van der Waals surface area contributed by atoms with Crippen molar-refractivity contribution in [2.24, 2.45) is 7.05 Å². The smallest absolute Gasteiger partial charge is 0.334 e. The van der Waals surface area contributed by atoms with Gasteiger partial charge in [0.1, 0.15) is 5.69 Å². The molecule has 0 radical (unpaired) electrons. The zero-order chi connectivity index (χ0) is 15.6. The van der Waals surface area contributed by atoms with E-state index in [0.717, 1.165) is 6.42 Å². The summed E-state index contributed by atoms with van der Waals surface area (Å²) in [6.45, 7) is 2.60. The van der Waals surface area contributed by atoms with E-state index in [2.05, 4.69) is 5.10 Å². The molecule has 1 unspecified atom stereocenters. The third kappa shape index (κ3) is 2.97. The average Bonchev–Trinajstić information content (AvgIpc) is 2.76. The topological polar surface area (TPSA) is 111 Å². The molecule has 1 N–H and O–H groups in total. The van der Waals surface area contributed by atoms with Crippen LogP contribution >= 0.6 is 0 Å². The van der Waals surface area contributed by atoms with Gasteiger partial charge in [-0.05, 0) is 6.42 Å². The summed E-state index contributed by atoms with van der Waals surface area (Å²) in [4.78, 5) is 23.6. The zero-order valence-corrected chi connectivity index (χ0v) is 12.0. The van der Waals surface area contributed by atoms with Crippen molar-refractivity contribution >= 4 is 17.5 Å². The van der Waals surface area contributed by atoms with E-state index in [1.165, 1.54) is 4.68 Å². The lowest BCUT2D eigenvalue weighted by Gasteiger charge is -2.31. The fraction of sp³-hybridized carbons (Fsp3) is 0.667. The summed E-state index contributed by atoms with van der Waals surface area (Å²) in [6, 6.07) is 0. The van der Waals surface area contributed by atoms with Gasteiger partial charge < -0.3 is 14.7 Å². The van der Waals surface area contributed by atoms with Gasteiger partial charge in [-0.3, -0.25) is 10.1 Å². The van der Waals surface area contributed by atoms with E-state index in [1.807, 2.05) is 6.92 Å². The predicted octanol–water partition coefficient (Wildman–Crippen LogP) is 0.571. The molecule has 1 aromatic rings. The Morgan fingerprint density at radius 3 is 2.90 bits per heavy atom. The highest BCUT2D eigenvalue weighted by molar-refractivity contribution is 5.74. The number of nitro groups is 1. The Morgan fingerprint density at radius 2 is 2.33 bits per heavy atom. The number of aryl methyl sites for hydroxylation is 2. The highest BCUT2D eigenvalue weighted by Gasteiger charge is 2.34. The van der Waals surface area contributed by atoms with Crippen LogP contribution in [0.4, 0.5) is 11.5 Å². The first-order valence-electron chi connectivity index (χ1n) is 6.75. The molecule has 0 spiro atoms. The molecular formula is C12H18N4O5. The normalized spacial score (nSPS) is 18.8. The van der Waals surface area contributed by atoms with E-state index in [0.29, 0.717) is 24.5 Å². The lowest BCUT2D eigenvalue weighted by atomic mass is 10.2. The van der Waals surface area contributed by atoms with Crippen molar-refractivity contribution < 1.29 is 19.6 Å². The van der Waals surface area contributed by atoms with Gasteiger partial charge in [-0.2, -0.15) is 5.10 Å². The molecule has 2 rings (SSSR count). The van der Waals surface area contributed by atoms with Gasteiger partial charge in [-0.1, -0.05) is 13.3 Å². The molecule has 1 saturated heterocycles. The fourth-order valence-corrected chi connectivity index (χ4v) is 2.50. The molecule has 9 nitrogen and oxygen atoms in total. The molecule has 1 aliphatic heterocycles. The first-order valence-corrected chi connectivity index (χ1v) is 6.75. The highest BCUT2D eigenvalue weighted by Crippen LogP contribution is 2.33. The van der Waals surface area contributed by atoms with Crippen molar-refractivity contribution in [1.29, 1.82) is 0 Å². The summed E-state index contributed by atoms with van der Waals surface area (Å²) in [5.41, 5.74) is 0.392. The number of hydrogen-bond donors (Lipinski definition) is 1. The molecule has 0 saturated carbocycles. The van der Waals surface area contributed by atoms with E-state index in [1.54, 1.807) is 11.9 Å². The molecular weight excluding hydrogens is 280 g/mol. The Hall–Kier alpha value is -2.16. The summed E-state index contributed by atoms with van der Waals surface area (Å²) in [5.74, 6) is -0.726. The zero-order valence-electron chi connectivity index (χ0n) is 12.0. The summed E-state index contributed by atoms with van der Waals surface area (Å²) < 4.78 is 6.60. The number of carboxylic acids is 1. The van der Waals surface area contributed by atoms with Gasteiger partial charge in [0.15, 0.2) is 6.10 Å². The minimum absolute atomic E-state index is 0.0367. The Labute approximate surface area is 121 Å². The van der Waals surface area contributed by atoms with E-state index in [9.17, 15) is 14.9 Å². The number of morpholine rings is 1. The Morgan fingerprint density at radius 1 is 1.62 bits per heavy atom. The number of rotatable bonds is 5. The molecule has 0 amide bonds. The van der Waals surface area contributed by atoms with Crippen LogP contribution in [0.25, 0.3) is 0 Å². The quantitative estimate of drug-likeness (QED) is 0.625. The molecule has 2 heterocycles. The fourth-order valence-electron chi connectivity index (χ4n) is 2.50. The van der Waals surface area contributed by atoms with Crippen LogP contribution in [0.3, 0.4) is 0 Å². The molecule has 116 valence electrons. The van der Waals surface area contributed by atoms with Gasteiger partial charge in [0.25, 0.3) is 0 Å². The molecule has 0 aliphatic carbocycles. The third-order valence-corrected chi connectivity index (χ3v) is 3.37. The van der Waals surface area contributed by atoms with E-state index in [4.69, 9.17) is 9.84 Å². The van der Waals surface area contributed by atoms with Crippen molar-refractivity contribution in [3.8, 4) is 0 Å². The molecule has 1 fully saturated rings. The monoisotopic (exact) mass is 298 g/mol. The van der Waals surface area contributed by atoms with Gasteiger partial charge in [-0.15, -0.1) is 0 Å². The first-order chi connectivity index (χ1) is 9.95. The average molecular weight is 298 g/mol. The maximum Gasteiger partial charge on any atom is 0.334 e. The second-order valence-corrected chi connectivity index (χ2v) is 4.89. The van der Waals surface area contributed by atoms with E-state index >= 15 is 0 Å². The van der Waals surface area contributed by atoms with Crippen molar-refractivity contribution in [2.45, 2.75) is 25.9 Å². The molecule has 0 aromatic carbocycles. The van der Waals surface area contributed by atoms with E-state index in [-0.39, 0.29) is 18.8 Å². The van der Waals surface area contributed by atoms with Crippen molar-refractivity contribution in [3.63, 3.8) is 0 Å². The lowest BCUT2D eigenvalue weighted by Crippen LogP contribution is -2.46. The SMILES string of the molecule is CCCc1nn(C)c(N2CCOC(C(=O)O)C2)c1[N+](=O)[O-]. The van der Waals surface area contributed by atoms with Gasteiger partial charge >= 0.3 is 11.7 Å². The van der Waals surface area contributed by atoms with Crippen molar-refractivity contribution in [2.75, 3.05) is 24.6 Å². The van der Waals surface area contributed by atoms with Crippen LogP contribution in [0, 0.1) is 10.1 Å². The van der Waals surface area contributed by atoms with Crippen LogP contribution < -0.4 is 4.90 Å². The highest BCUT2D eigenvalue weighted by atomic mass is 16.6. The van der Waals surface area contributed by atoms with Gasteiger partial charge in [0.2, 0.25) is 5.82 Å². The second-order valence-electron chi connectivity index (χ2n) is 4.89. The van der Waals surface area contributed by atoms with Crippen LogP contribution in [0.5, 0.6) is 0 Å². The standard InChI is InChI=1S/C12H18N4O5/c1-3-4-8-10(16(19)20)11(14(2)13-8)15-5-6-21-9(7-15)12(17)18/h9H,3-7H2,1-2H3,(H,17,18). The third-order valence-electron chi connectivity index (χ3n) is 3.37. The minimum atomic E-state index is -1.07. The van der Waals surface area contributed by atoms with Crippen molar-refractivity contribution in [1.82, 2.24) is 9.78 Å². The van der Waals surface area contributed by atoms with Gasteiger partial charge in [-0.25, -0.2) is 9.48 Å². The number of aromatic nitrogens is 2. The summed E-state index contributed by atoms with van der Waals surface area (Å²) in [5, 5.41) is 24.6. The number of hydrogen-bond acceptors (Lipinski definition) is 6. The molecule has 1 aromatic heterocycles. The van der Waals surface area contributed by atoms with Gasteiger partial charge in [0.05, 0.1) is 18.1 Å². The largest absolute Gasteiger partial charge is 0.479 e. The summed E-state index contributed by atoms with van der Waals surface area (Å²) in [7, 11) is 1.63. The predicted molar refractivity (Wildman–Crippen MR) is 73.4 cm³/mol. The Kier molecular flexibility index (Phi) is 4.41. The maximum atomic E-state index is 11.4. The van der Waals surface area contributed by atoms with Crippen molar-refractivity contribution in [3.05, 3.63) is 15.8 Å². The Bertz CT molecular complexity index is 556. The second kappa shape index (κ2) is 6.08. The molecule has 9 heteroatoms. The number of nitrogens with zero attached hydrogens (tertiary/aromatic N) is 4. The number of carbonyl (C=O) groups is 1. The molecule has 0 bridgehead atoms. The van der Waals surface area contributed by atoms with Crippen LogP contribution in [0.15, 0.2) is 0 Å². The molecule has 1 aliphatic rings. The van der Waals surface area contributed by atoms with E-state index < -0.39 is 17.0 Å². The summed E-state index contributed by atoms with van der Waals surface area (Å²) in [6.07, 6.45) is 0.275.